The summed E-state index contributed by atoms with van der Waals surface area (Å²) < 4.78 is 20.1. The standard InChI is InChI=1S/C23H22FN5O3/c1-15-22(14-26-29(15)19-5-2-17(24)3-6-19)32-23(31)27-18-4-7-21(16(12-18)13-25)28-10-8-20(30)9-11-28/h2-7,12,14,20,30H,8-11H2,1H3,(H,27,31). The third kappa shape index (κ3) is 4.55. The fourth-order valence-electron chi connectivity index (χ4n) is 3.67. The largest absolute Gasteiger partial charge is 0.417 e. The zero-order valence-corrected chi connectivity index (χ0v) is 17.5. The second kappa shape index (κ2) is 9.08. The number of carbonyl (C=O) groups excluding carboxylic acids is 1. The molecule has 2 aromatic carbocycles. The molecule has 0 aliphatic carbocycles. The Morgan fingerprint density at radius 2 is 1.97 bits per heavy atom. The van der Waals surface area contributed by atoms with Gasteiger partial charge in [-0.05, 0) is 62.2 Å². The van der Waals surface area contributed by atoms with Crippen LogP contribution in [0.25, 0.3) is 5.69 Å². The van der Waals surface area contributed by atoms with Gasteiger partial charge in [0.05, 0.1) is 34.9 Å². The maximum Gasteiger partial charge on any atom is 0.417 e. The molecule has 2 heterocycles. The van der Waals surface area contributed by atoms with Gasteiger partial charge < -0.3 is 14.7 Å². The van der Waals surface area contributed by atoms with Crippen molar-refractivity contribution < 1.29 is 19.0 Å². The lowest BCUT2D eigenvalue weighted by molar-refractivity contribution is 0.145. The molecule has 0 spiro atoms. The quantitative estimate of drug-likeness (QED) is 0.647. The lowest BCUT2D eigenvalue weighted by atomic mass is 10.1. The van der Waals surface area contributed by atoms with Crippen LogP contribution in [0, 0.1) is 24.1 Å². The summed E-state index contributed by atoms with van der Waals surface area (Å²) in [5, 5.41) is 26.1. The van der Waals surface area contributed by atoms with Crippen LogP contribution < -0.4 is 15.0 Å². The van der Waals surface area contributed by atoms with Gasteiger partial charge in [0.15, 0.2) is 5.75 Å². The summed E-state index contributed by atoms with van der Waals surface area (Å²) in [6, 6.07) is 13.1. The van der Waals surface area contributed by atoms with E-state index in [9.17, 15) is 19.6 Å². The Hall–Kier alpha value is -3.90. The summed E-state index contributed by atoms with van der Waals surface area (Å²) in [4.78, 5) is 14.5. The average molecular weight is 435 g/mol. The molecular formula is C23H22FN5O3. The number of carbonyl (C=O) groups is 1. The number of aliphatic hydroxyl groups excluding tert-OH is 1. The average Bonchev–Trinajstić information content (AvgIpc) is 3.14. The second-order valence-electron chi connectivity index (χ2n) is 7.56. The SMILES string of the molecule is Cc1c(OC(=O)Nc2ccc(N3CCC(O)CC3)c(C#N)c2)cnn1-c1ccc(F)cc1. The van der Waals surface area contributed by atoms with Gasteiger partial charge in [-0.25, -0.2) is 13.9 Å². The molecule has 0 radical (unpaired) electrons. The van der Waals surface area contributed by atoms with Crippen LogP contribution in [0.15, 0.2) is 48.7 Å². The van der Waals surface area contributed by atoms with Crippen LogP contribution in [0.1, 0.15) is 24.1 Å². The Morgan fingerprint density at radius 1 is 1.25 bits per heavy atom. The third-order valence-electron chi connectivity index (χ3n) is 5.41. The fourth-order valence-corrected chi connectivity index (χ4v) is 3.67. The fraction of sp³-hybridized carbons (Fsp3) is 0.261. The molecule has 8 nitrogen and oxygen atoms in total. The van der Waals surface area contributed by atoms with Crippen LogP contribution in [-0.2, 0) is 0 Å². The number of nitrogens with one attached hydrogen (secondary N) is 1. The summed E-state index contributed by atoms with van der Waals surface area (Å²) in [6.07, 6.45) is 1.70. The lowest BCUT2D eigenvalue weighted by Gasteiger charge is -2.32. The molecular weight excluding hydrogens is 413 g/mol. The van der Waals surface area contributed by atoms with E-state index >= 15 is 0 Å². The zero-order chi connectivity index (χ0) is 22.7. The smallest absolute Gasteiger partial charge is 0.406 e. The maximum absolute atomic E-state index is 13.1. The van der Waals surface area contributed by atoms with E-state index in [1.54, 1.807) is 41.9 Å². The van der Waals surface area contributed by atoms with E-state index in [0.29, 0.717) is 48.6 Å². The molecule has 0 atom stereocenters. The van der Waals surface area contributed by atoms with Gasteiger partial charge in [-0.1, -0.05) is 0 Å². The first kappa shape index (κ1) is 21.3. The van der Waals surface area contributed by atoms with Crippen molar-refractivity contribution in [3.8, 4) is 17.5 Å². The normalized spacial score (nSPS) is 14.1. The zero-order valence-electron chi connectivity index (χ0n) is 17.5. The van der Waals surface area contributed by atoms with E-state index in [2.05, 4.69) is 21.4 Å². The molecule has 2 N–H and O–H groups in total. The van der Waals surface area contributed by atoms with Crippen LogP contribution in [0.4, 0.5) is 20.6 Å². The Balaban J connectivity index is 1.44. The number of aromatic nitrogens is 2. The summed E-state index contributed by atoms with van der Waals surface area (Å²) in [7, 11) is 0. The first-order valence-electron chi connectivity index (χ1n) is 10.2. The van der Waals surface area contributed by atoms with Crippen LogP contribution in [0.2, 0.25) is 0 Å². The van der Waals surface area contributed by atoms with Gasteiger partial charge in [-0.15, -0.1) is 0 Å². The topological polar surface area (TPSA) is 103 Å². The number of piperidine rings is 1. The lowest BCUT2D eigenvalue weighted by Crippen LogP contribution is -2.36. The van der Waals surface area contributed by atoms with Crippen LogP contribution in [0.5, 0.6) is 5.75 Å². The number of aliphatic hydroxyl groups is 1. The third-order valence-corrected chi connectivity index (χ3v) is 5.41. The summed E-state index contributed by atoms with van der Waals surface area (Å²) in [6.45, 7) is 3.07. The molecule has 1 saturated heterocycles. The number of halogens is 1. The van der Waals surface area contributed by atoms with E-state index in [-0.39, 0.29) is 17.7 Å². The number of anilines is 2. The highest BCUT2D eigenvalue weighted by atomic mass is 19.1. The monoisotopic (exact) mass is 435 g/mol. The number of hydrogen-bond acceptors (Lipinski definition) is 6. The van der Waals surface area contributed by atoms with E-state index in [1.807, 2.05) is 0 Å². The predicted molar refractivity (Wildman–Crippen MR) is 117 cm³/mol. The number of amides is 1. The van der Waals surface area contributed by atoms with Gasteiger partial charge in [0, 0.05) is 18.8 Å². The van der Waals surface area contributed by atoms with E-state index in [0.717, 1.165) is 5.69 Å². The Bertz CT molecular complexity index is 1160. The van der Waals surface area contributed by atoms with Gasteiger partial charge in [0.25, 0.3) is 0 Å². The minimum absolute atomic E-state index is 0.260. The molecule has 32 heavy (non-hydrogen) atoms. The van der Waals surface area contributed by atoms with Crippen molar-refractivity contribution in [1.29, 1.82) is 5.26 Å². The highest BCUT2D eigenvalue weighted by Crippen LogP contribution is 2.27. The molecule has 1 aromatic heterocycles. The van der Waals surface area contributed by atoms with Crippen LogP contribution in [0.3, 0.4) is 0 Å². The molecule has 4 rings (SSSR count). The van der Waals surface area contributed by atoms with Gasteiger partial charge in [-0.3, -0.25) is 5.32 Å². The molecule has 0 bridgehead atoms. The summed E-state index contributed by atoms with van der Waals surface area (Å²) >= 11 is 0. The van der Waals surface area contributed by atoms with Crippen molar-refractivity contribution in [2.24, 2.45) is 0 Å². The van der Waals surface area contributed by atoms with Crippen molar-refractivity contribution >= 4 is 17.5 Å². The molecule has 164 valence electrons. The van der Waals surface area contributed by atoms with E-state index in [1.165, 1.54) is 18.3 Å². The minimum Gasteiger partial charge on any atom is -0.406 e. The molecule has 1 amide bonds. The van der Waals surface area contributed by atoms with Crippen molar-refractivity contribution in [1.82, 2.24) is 9.78 Å². The highest BCUT2D eigenvalue weighted by Gasteiger charge is 2.20. The maximum atomic E-state index is 13.1. The van der Waals surface area contributed by atoms with E-state index in [4.69, 9.17) is 4.74 Å². The molecule has 1 fully saturated rings. The van der Waals surface area contributed by atoms with Gasteiger partial charge >= 0.3 is 6.09 Å². The molecule has 3 aromatic rings. The molecule has 0 unspecified atom stereocenters. The van der Waals surface area contributed by atoms with Crippen molar-refractivity contribution in [3.63, 3.8) is 0 Å². The summed E-state index contributed by atoms with van der Waals surface area (Å²) in [5.74, 6) is -0.0918. The number of hydrogen-bond donors (Lipinski definition) is 2. The number of nitrogens with zero attached hydrogens (tertiary/aromatic N) is 4. The number of benzene rings is 2. The first-order valence-corrected chi connectivity index (χ1v) is 10.2. The Kier molecular flexibility index (Phi) is 6.05. The minimum atomic E-state index is -0.718. The van der Waals surface area contributed by atoms with E-state index < -0.39 is 6.09 Å². The first-order chi connectivity index (χ1) is 15.4. The Labute approximate surface area is 184 Å². The van der Waals surface area contributed by atoms with Gasteiger partial charge in [0.1, 0.15) is 11.9 Å². The molecule has 0 saturated carbocycles. The number of ether oxygens (including phenoxy) is 1. The molecule has 1 aliphatic rings. The van der Waals surface area contributed by atoms with Crippen LogP contribution in [-0.4, -0.2) is 40.2 Å². The van der Waals surface area contributed by atoms with Gasteiger partial charge in [-0.2, -0.15) is 10.4 Å². The summed E-state index contributed by atoms with van der Waals surface area (Å²) in [5.41, 5.74) is 2.84. The molecule has 9 heteroatoms. The van der Waals surface area contributed by atoms with Gasteiger partial charge in [0.2, 0.25) is 0 Å². The van der Waals surface area contributed by atoms with Crippen LogP contribution >= 0.6 is 0 Å². The number of nitriles is 1. The molecule has 1 aliphatic heterocycles. The number of rotatable bonds is 4. The van der Waals surface area contributed by atoms with Crippen molar-refractivity contribution in [3.05, 3.63) is 65.7 Å². The second-order valence-corrected chi connectivity index (χ2v) is 7.56. The van der Waals surface area contributed by atoms with Crippen molar-refractivity contribution in [2.75, 3.05) is 23.3 Å². The Morgan fingerprint density at radius 3 is 2.66 bits per heavy atom. The predicted octanol–water partition coefficient (Wildman–Crippen LogP) is 3.76. The highest BCUT2D eigenvalue weighted by molar-refractivity contribution is 5.87. The van der Waals surface area contributed by atoms with Crippen molar-refractivity contribution in [2.45, 2.75) is 25.9 Å².